The lowest BCUT2D eigenvalue weighted by molar-refractivity contribution is 0.181. The summed E-state index contributed by atoms with van der Waals surface area (Å²) in [5.74, 6) is 0. The highest BCUT2D eigenvalue weighted by molar-refractivity contribution is 7.80. The average Bonchev–Trinajstić information content (AvgIpc) is 3.12. The molecule has 0 amide bonds. The third kappa shape index (κ3) is 3.54. The maximum atomic E-state index is 5.60. The highest BCUT2D eigenvalue weighted by atomic mass is 32.1. The first kappa shape index (κ1) is 16.4. The van der Waals surface area contributed by atoms with Crippen LogP contribution in [0.2, 0.25) is 0 Å². The molecule has 0 bridgehead atoms. The summed E-state index contributed by atoms with van der Waals surface area (Å²) in [6.07, 6.45) is 2.79. The summed E-state index contributed by atoms with van der Waals surface area (Å²) < 4.78 is 5.19. The molecule has 1 N–H and O–H groups in total. The average molecular weight is 348 g/mol. The molecule has 1 fully saturated rings. The molecule has 122 valence electrons. The van der Waals surface area contributed by atoms with Crippen LogP contribution < -0.4 is 5.32 Å². The van der Waals surface area contributed by atoms with Crippen molar-refractivity contribution in [3.05, 3.63) is 52.0 Å². The number of aromatic nitrogens is 1. The number of thiophene rings is 1. The van der Waals surface area contributed by atoms with Crippen LogP contribution in [0.1, 0.15) is 34.0 Å². The Bertz CT molecular complexity index is 659. The van der Waals surface area contributed by atoms with Crippen molar-refractivity contribution in [2.45, 2.75) is 25.4 Å². The molecule has 0 spiro atoms. The van der Waals surface area contributed by atoms with Crippen LogP contribution in [-0.2, 0) is 4.74 Å². The van der Waals surface area contributed by atoms with Crippen LogP contribution in [-0.4, -0.2) is 35.3 Å². The minimum absolute atomic E-state index is 0.0873. The Morgan fingerprint density at radius 3 is 2.87 bits per heavy atom. The second-order valence-corrected chi connectivity index (χ2v) is 7.32. The second-order valence-electron chi connectivity index (χ2n) is 5.61. The fourth-order valence-electron chi connectivity index (χ4n) is 2.95. The molecule has 2 aromatic heterocycles. The molecular weight excluding hydrogens is 326 g/mol. The van der Waals surface area contributed by atoms with E-state index < -0.39 is 0 Å². The number of methoxy groups -OCH3 is 1. The molecule has 2 aromatic rings. The van der Waals surface area contributed by atoms with Crippen molar-refractivity contribution in [2.24, 2.45) is 0 Å². The Morgan fingerprint density at radius 1 is 1.35 bits per heavy atom. The standard InChI is InChI=1S/C17H21N3OS2/c1-12-7-8-14(23-12)16-15(13-6-3-4-9-18-13)19-17(22)20(16)10-5-11-21-2/h3-4,6-9,15-16H,5,10-11H2,1-2H3,(H,19,22)/t15-,16-/m0/s1. The highest BCUT2D eigenvalue weighted by Gasteiger charge is 2.40. The molecule has 0 unspecified atom stereocenters. The van der Waals surface area contributed by atoms with Crippen LogP contribution in [0.25, 0.3) is 0 Å². The van der Waals surface area contributed by atoms with E-state index in [0.717, 1.165) is 30.4 Å². The van der Waals surface area contributed by atoms with Gasteiger partial charge in [0.05, 0.1) is 17.8 Å². The molecule has 1 aliphatic rings. The number of ether oxygens (including phenoxy) is 1. The van der Waals surface area contributed by atoms with Crippen molar-refractivity contribution in [1.29, 1.82) is 0 Å². The normalized spacial score (nSPS) is 20.8. The predicted molar refractivity (Wildman–Crippen MR) is 97.7 cm³/mol. The Morgan fingerprint density at radius 2 is 2.22 bits per heavy atom. The van der Waals surface area contributed by atoms with Crippen LogP contribution in [0.4, 0.5) is 0 Å². The molecule has 3 heterocycles. The van der Waals surface area contributed by atoms with Gasteiger partial charge >= 0.3 is 0 Å². The Kier molecular flexibility index (Phi) is 5.25. The minimum Gasteiger partial charge on any atom is -0.385 e. The first-order chi connectivity index (χ1) is 11.2. The molecule has 1 aliphatic heterocycles. The minimum atomic E-state index is 0.0873. The Labute approximate surface area is 146 Å². The van der Waals surface area contributed by atoms with Gasteiger partial charge in [0.2, 0.25) is 0 Å². The zero-order valence-corrected chi connectivity index (χ0v) is 15.0. The van der Waals surface area contributed by atoms with Gasteiger partial charge in [0.15, 0.2) is 5.11 Å². The molecule has 3 rings (SSSR count). The zero-order valence-electron chi connectivity index (χ0n) is 13.4. The summed E-state index contributed by atoms with van der Waals surface area (Å²) in [6.45, 7) is 3.76. The molecule has 0 aromatic carbocycles. The summed E-state index contributed by atoms with van der Waals surface area (Å²) in [6, 6.07) is 10.7. The topological polar surface area (TPSA) is 37.4 Å². The summed E-state index contributed by atoms with van der Waals surface area (Å²) in [7, 11) is 1.73. The van der Waals surface area contributed by atoms with Gasteiger partial charge in [-0.3, -0.25) is 4.98 Å². The molecule has 1 saturated heterocycles. The molecular formula is C17H21N3OS2. The van der Waals surface area contributed by atoms with E-state index in [9.17, 15) is 0 Å². The quantitative estimate of drug-likeness (QED) is 0.640. The SMILES string of the molecule is COCCCN1C(=S)N[C@@H](c2ccccn2)[C@@H]1c1ccc(C)s1. The Balaban J connectivity index is 1.91. The van der Waals surface area contributed by atoms with Crippen molar-refractivity contribution >= 4 is 28.7 Å². The first-order valence-electron chi connectivity index (χ1n) is 7.74. The molecule has 0 radical (unpaired) electrons. The third-order valence-corrected chi connectivity index (χ3v) is 5.42. The van der Waals surface area contributed by atoms with Crippen LogP contribution in [0.15, 0.2) is 36.5 Å². The lowest BCUT2D eigenvalue weighted by atomic mass is 10.0. The van der Waals surface area contributed by atoms with Crippen LogP contribution >= 0.6 is 23.6 Å². The lowest BCUT2D eigenvalue weighted by Crippen LogP contribution is -2.30. The number of hydrogen-bond donors (Lipinski definition) is 1. The predicted octanol–water partition coefficient (Wildman–Crippen LogP) is 3.46. The van der Waals surface area contributed by atoms with Gasteiger partial charge in [-0.2, -0.15) is 0 Å². The molecule has 2 atom stereocenters. The second kappa shape index (κ2) is 7.38. The number of nitrogens with zero attached hydrogens (tertiary/aromatic N) is 2. The van der Waals surface area contributed by atoms with Crippen LogP contribution in [0.5, 0.6) is 0 Å². The van der Waals surface area contributed by atoms with Crippen molar-refractivity contribution in [1.82, 2.24) is 15.2 Å². The maximum absolute atomic E-state index is 5.60. The molecule has 0 saturated carbocycles. The number of pyridine rings is 1. The van der Waals surface area contributed by atoms with E-state index in [1.165, 1.54) is 9.75 Å². The lowest BCUT2D eigenvalue weighted by Gasteiger charge is -2.26. The maximum Gasteiger partial charge on any atom is 0.170 e. The van der Waals surface area contributed by atoms with Gasteiger partial charge in [-0.25, -0.2) is 0 Å². The van der Waals surface area contributed by atoms with E-state index in [0.29, 0.717) is 0 Å². The summed E-state index contributed by atoms with van der Waals surface area (Å²) >= 11 is 7.43. The van der Waals surface area contributed by atoms with E-state index in [-0.39, 0.29) is 12.1 Å². The van der Waals surface area contributed by atoms with Gasteiger partial charge in [-0.05, 0) is 49.8 Å². The van der Waals surface area contributed by atoms with E-state index in [4.69, 9.17) is 17.0 Å². The third-order valence-electron chi connectivity index (χ3n) is 4.00. The fraction of sp³-hybridized carbons (Fsp3) is 0.412. The number of thiocarbonyl (C=S) groups is 1. The number of hydrogen-bond acceptors (Lipinski definition) is 4. The summed E-state index contributed by atoms with van der Waals surface area (Å²) in [5.41, 5.74) is 1.03. The number of aryl methyl sites for hydroxylation is 1. The van der Waals surface area contributed by atoms with Gasteiger partial charge in [0, 0.05) is 36.2 Å². The molecule has 23 heavy (non-hydrogen) atoms. The van der Waals surface area contributed by atoms with Gasteiger partial charge in [-0.1, -0.05) is 6.07 Å². The largest absolute Gasteiger partial charge is 0.385 e. The van der Waals surface area contributed by atoms with E-state index in [1.807, 2.05) is 29.7 Å². The van der Waals surface area contributed by atoms with E-state index in [1.54, 1.807) is 7.11 Å². The van der Waals surface area contributed by atoms with Gasteiger partial charge in [-0.15, -0.1) is 11.3 Å². The Hall–Kier alpha value is -1.50. The van der Waals surface area contributed by atoms with Gasteiger partial charge < -0.3 is 15.0 Å². The monoisotopic (exact) mass is 347 g/mol. The summed E-state index contributed by atoms with van der Waals surface area (Å²) in [4.78, 5) is 9.45. The molecule has 0 aliphatic carbocycles. The zero-order chi connectivity index (χ0) is 16.2. The highest BCUT2D eigenvalue weighted by Crippen LogP contribution is 2.41. The number of rotatable bonds is 6. The van der Waals surface area contributed by atoms with Gasteiger partial charge in [0.25, 0.3) is 0 Å². The fourth-order valence-corrected chi connectivity index (χ4v) is 4.31. The van der Waals surface area contributed by atoms with Crippen LogP contribution in [0.3, 0.4) is 0 Å². The van der Waals surface area contributed by atoms with E-state index >= 15 is 0 Å². The van der Waals surface area contributed by atoms with E-state index in [2.05, 4.69) is 40.3 Å². The van der Waals surface area contributed by atoms with Gasteiger partial charge in [0.1, 0.15) is 0 Å². The smallest absolute Gasteiger partial charge is 0.170 e. The van der Waals surface area contributed by atoms with Crippen molar-refractivity contribution in [2.75, 3.05) is 20.3 Å². The molecule has 4 nitrogen and oxygen atoms in total. The van der Waals surface area contributed by atoms with Crippen molar-refractivity contribution in [3.8, 4) is 0 Å². The number of nitrogens with one attached hydrogen (secondary N) is 1. The van der Waals surface area contributed by atoms with Crippen LogP contribution in [0, 0.1) is 6.92 Å². The van der Waals surface area contributed by atoms with Crippen molar-refractivity contribution in [3.63, 3.8) is 0 Å². The first-order valence-corrected chi connectivity index (χ1v) is 8.96. The van der Waals surface area contributed by atoms with Crippen molar-refractivity contribution < 1.29 is 4.74 Å². The summed E-state index contributed by atoms with van der Waals surface area (Å²) in [5, 5.41) is 4.26. The molecule has 6 heteroatoms.